The monoisotopic (exact) mass is 255 g/mol. The number of rotatable bonds is 7. The highest BCUT2D eigenvalue weighted by molar-refractivity contribution is 5.91. The van der Waals surface area contributed by atoms with Crippen molar-refractivity contribution in [2.24, 2.45) is 17.6 Å². The van der Waals surface area contributed by atoms with Crippen LogP contribution in [0.25, 0.3) is 0 Å². The van der Waals surface area contributed by atoms with Crippen LogP contribution in [0.5, 0.6) is 0 Å². The Kier molecular flexibility index (Phi) is 5.12. The first kappa shape index (κ1) is 14.5. The van der Waals surface area contributed by atoms with Crippen molar-refractivity contribution < 1.29 is 14.4 Å². The Morgan fingerprint density at radius 2 is 1.89 bits per heavy atom. The van der Waals surface area contributed by atoms with Crippen molar-refractivity contribution >= 4 is 17.7 Å². The Hall–Kier alpha value is -1.59. The van der Waals surface area contributed by atoms with Gasteiger partial charge in [-0.2, -0.15) is 0 Å². The van der Waals surface area contributed by atoms with Gasteiger partial charge < -0.3 is 16.4 Å². The van der Waals surface area contributed by atoms with Gasteiger partial charge in [0.2, 0.25) is 17.7 Å². The first-order valence-electron chi connectivity index (χ1n) is 6.26. The van der Waals surface area contributed by atoms with Crippen LogP contribution >= 0.6 is 0 Å². The second-order valence-corrected chi connectivity index (χ2v) is 5.15. The van der Waals surface area contributed by atoms with E-state index in [-0.39, 0.29) is 30.2 Å². The van der Waals surface area contributed by atoms with Gasteiger partial charge in [0.05, 0.1) is 6.54 Å². The number of amides is 3. The van der Waals surface area contributed by atoms with Gasteiger partial charge in [0.25, 0.3) is 0 Å². The first-order valence-corrected chi connectivity index (χ1v) is 6.26. The maximum Gasteiger partial charge on any atom is 0.243 e. The van der Waals surface area contributed by atoms with Gasteiger partial charge in [-0.1, -0.05) is 13.8 Å². The zero-order valence-electron chi connectivity index (χ0n) is 10.9. The molecule has 3 amide bonds. The zero-order chi connectivity index (χ0) is 13.7. The molecular formula is C12H21N3O3. The molecule has 0 aromatic rings. The van der Waals surface area contributed by atoms with E-state index >= 15 is 0 Å². The molecule has 4 N–H and O–H groups in total. The van der Waals surface area contributed by atoms with E-state index in [1.165, 1.54) is 0 Å². The maximum absolute atomic E-state index is 11.8. The van der Waals surface area contributed by atoms with Gasteiger partial charge in [0, 0.05) is 5.92 Å². The topological polar surface area (TPSA) is 101 Å². The summed E-state index contributed by atoms with van der Waals surface area (Å²) in [5, 5.41) is 5.15. The minimum absolute atomic E-state index is 0.0589. The molecule has 6 nitrogen and oxygen atoms in total. The summed E-state index contributed by atoms with van der Waals surface area (Å²) in [4.78, 5) is 34.1. The normalized spacial score (nSPS) is 16.2. The van der Waals surface area contributed by atoms with Gasteiger partial charge >= 0.3 is 0 Å². The lowest BCUT2D eigenvalue weighted by Gasteiger charge is -2.19. The van der Waals surface area contributed by atoms with E-state index in [2.05, 4.69) is 10.6 Å². The summed E-state index contributed by atoms with van der Waals surface area (Å²) in [6.45, 7) is 3.74. The number of nitrogens with two attached hydrogens (primary N) is 1. The highest BCUT2D eigenvalue weighted by atomic mass is 16.2. The average Bonchev–Trinajstić information content (AvgIpc) is 3.07. The molecule has 18 heavy (non-hydrogen) atoms. The molecule has 0 aliphatic heterocycles. The van der Waals surface area contributed by atoms with Crippen molar-refractivity contribution in [1.29, 1.82) is 0 Å². The number of hydrogen-bond donors (Lipinski definition) is 3. The Balaban J connectivity index is 2.49. The lowest BCUT2D eigenvalue weighted by atomic mass is 10.0. The van der Waals surface area contributed by atoms with Gasteiger partial charge in [-0.3, -0.25) is 14.4 Å². The summed E-state index contributed by atoms with van der Waals surface area (Å²) in [6, 6.07) is -0.586. The van der Waals surface area contributed by atoms with Crippen molar-refractivity contribution in [3.63, 3.8) is 0 Å². The largest absolute Gasteiger partial charge is 0.368 e. The van der Waals surface area contributed by atoms with Crippen LogP contribution in [0.2, 0.25) is 0 Å². The van der Waals surface area contributed by atoms with Gasteiger partial charge in [-0.15, -0.1) is 0 Å². The number of primary amides is 1. The molecule has 0 radical (unpaired) electrons. The highest BCUT2D eigenvalue weighted by Crippen LogP contribution is 2.29. The van der Waals surface area contributed by atoms with Gasteiger partial charge in [-0.25, -0.2) is 0 Å². The SMILES string of the molecule is CC(C)C[C@H](NC(=O)C1CC1)C(=O)NCC(N)=O. The molecule has 0 spiro atoms. The van der Waals surface area contributed by atoms with E-state index in [0.717, 1.165) is 12.8 Å². The van der Waals surface area contributed by atoms with E-state index in [0.29, 0.717) is 6.42 Å². The van der Waals surface area contributed by atoms with Crippen LogP contribution in [0.1, 0.15) is 33.1 Å². The summed E-state index contributed by atoms with van der Waals surface area (Å²) in [5.41, 5.74) is 4.96. The summed E-state index contributed by atoms with van der Waals surface area (Å²) >= 11 is 0. The molecule has 1 aliphatic carbocycles. The fourth-order valence-corrected chi connectivity index (χ4v) is 1.64. The van der Waals surface area contributed by atoms with Crippen LogP contribution in [-0.2, 0) is 14.4 Å². The zero-order valence-corrected chi connectivity index (χ0v) is 10.9. The van der Waals surface area contributed by atoms with Crippen LogP contribution in [-0.4, -0.2) is 30.3 Å². The van der Waals surface area contributed by atoms with Crippen LogP contribution < -0.4 is 16.4 Å². The van der Waals surface area contributed by atoms with E-state index in [1.54, 1.807) is 0 Å². The molecule has 0 aromatic carbocycles. The third kappa shape index (κ3) is 5.16. The minimum Gasteiger partial charge on any atom is -0.368 e. The molecular weight excluding hydrogens is 234 g/mol. The maximum atomic E-state index is 11.8. The van der Waals surface area contributed by atoms with Crippen molar-refractivity contribution in [3.8, 4) is 0 Å². The van der Waals surface area contributed by atoms with E-state index < -0.39 is 11.9 Å². The Labute approximate surface area is 107 Å². The highest BCUT2D eigenvalue weighted by Gasteiger charge is 2.32. The fourth-order valence-electron chi connectivity index (χ4n) is 1.64. The predicted octanol–water partition coefficient (Wildman–Crippen LogP) is -0.471. The summed E-state index contributed by atoms with van der Waals surface area (Å²) < 4.78 is 0. The third-order valence-corrected chi connectivity index (χ3v) is 2.73. The molecule has 1 rings (SSSR count). The lowest BCUT2D eigenvalue weighted by Crippen LogP contribution is -2.49. The quantitative estimate of drug-likeness (QED) is 0.573. The molecule has 0 unspecified atom stereocenters. The molecule has 0 aromatic heterocycles. The second-order valence-electron chi connectivity index (χ2n) is 5.15. The van der Waals surface area contributed by atoms with Crippen LogP contribution in [0.4, 0.5) is 0 Å². The van der Waals surface area contributed by atoms with Crippen LogP contribution in [0, 0.1) is 11.8 Å². The van der Waals surface area contributed by atoms with E-state index in [1.807, 2.05) is 13.8 Å². The lowest BCUT2D eigenvalue weighted by molar-refractivity contribution is -0.130. The fraction of sp³-hybridized carbons (Fsp3) is 0.750. The first-order chi connectivity index (χ1) is 8.40. The van der Waals surface area contributed by atoms with Crippen LogP contribution in [0.3, 0.4) is 0 Å². The Bertz CT molecular complexity index is 337. The second kappa shape index (κ2) is 6.37. The van der Waals surface area contributed by atoms with E-state index in [4.69, 9.17) is 5.73 Å². The number of carbonyl (C=O) groups is 3. The minimum atomic E-state index is -0.597. The van der Waals surface area contributed by atoms with Gasteiger partial charge in [0.1, 0.15) is 6.04 Å². The van der Waals surface area contributed by atoms with Crippen molar-refractivity contribution in [2.45, 2.75) is 39.2 Å². The molecule has 102 valence electrons. The van der Waals surface area contributed by atoms with Crippen LogP contribution in [0.15, 0.2) is 0 Å². The third-order valence-electron chi connectivity index (χ3n) is 2.73. The summed E-state index contributed by atoms with van der Waals surface area (Å²) in [7, 11) is 0. The Morgan fingerprint density at radius 1 is 1.28 bits per heavy atom. The molecule has 0 bridgehead atoms. The summed E-state index contributed by atoms with van der Waals surface area (Å²) in [6.07, 6.45) is 2.33. The van der Waals surface area contributed by atoms with Gasteiger partial charge in [-0.05, 0) is 25.2 Å². The smallest absolute Gasteiger partial charge is 0.243 e. The van der Waals surface area contributed by atoms with Crippen molar-refractivity contribution in [2.75, 3.05) is 6.54 Å². The molecule has 0 saturated heterocycles. The average molecular weight is 255 g/mol. The van der Waals surface area contributed by atoms with Crippen molar-refractivity contribution in [1.82, 2.24) is 10.6 Å². The molecule has 1 fully saturated rings. The van der Waals surface area contributed by atoms with Gasteiger partial charge in [0.15, 0.2) is 0 Å². The number of carbonyl (C=O) groups excluding carboxylic acids is 3. The molecule has 1 atom stereocenters. The summed E-state index contributed by atoms with van der Waals surface area (Å²) in [5.74, 6) is -0.691. The predicted molar refractivity (Wildman–Crippen MR) is 66.3 cm³/mol. The number of nitrogens with one attached hydrogen (secondary N) is 2. The van der Waals surface area contributed by atoms with Crippen molar-refractivity contribution in [3.05, 3.63) is 0 Å². The van der Waals surface area contributed by atoms with E-state index in [9.17, 15) is 14.4 Å². The molecule has 0 heterocycles. The Morgan fingerprint density at radius 3 is 2.33 bits per heavy atom. The standard InChI is InChI=1S/C12H21N3O3/c1-7(2)5-9(12(18)14-6-10(13)16)15-11(17)8-3-4-8/h7-9H,3-6H2,1-2H3,(H2,13,16)(H,14,18)(H,15,17)/t9-/m0/s1. The number of hydrogen-bond acceptors (Lipinski definition) is 3. The molecule has 1 saturated carbocycles. The molecule has 1 aliphatic rings. The molecule has 6 heteroatoms.